The van der Waals surface area contributed by atoms with E-state index in [1.807, 2.05) is 24.3 Å². The first-order valence-corrected chi connectivity index (χ1v) is 7.61. The Bertz CT molecular complexity index is 867. The van der Waals surface area contributed by atoms with E-state index in [1.165, 1.54) is 11.1 Å². The third-order valence-corrected chi connectivity index (χ3v) is 4.35. The zero-order valence-electron chi connectivity index (χ0n) is 13.1. The normalized spacial score (nSPS) is 12.4. The number of benzene rings is 2. The van der Waals surface area contributed by atoms with Crippen molar-refractivity contribution in [3.63, 3.8) is 0 Å². The van der Waals surface area contributed by atoms with Crippen LogP contribution in [0.1, 0.15) is 11.1 Å². The summed E-state index contributed by atoms with van der Waals surface area (Å²) in [5.74, 6) is 2.21. The van der Waals surface area contributed by atoms with Gasteiger partial charge in [0.1, 0.15) is 5.69 Å². The standard InChI is InChI=1S/C19H17NO3/c1-21-16-10-8-13(11-17(16)22-2)19-15-9-7-12-5-3-4-6-14(12)18(15)20-23-19/h3-6,8,10-11H,7,9H2,1-2H3. The lowest BCUT2D eigenvalue weighted by Crippen LogP contribution is -2.03. The summed E-state index contributed by atoms with van der Waals surface area (Å²) < 4.78 is 16.4. The second kappa shape index (κ2) is 5.47. The van der Waals surface area contributed by atoms with Crippen LogP contribution in [0.15, 0.2) is 47.0 Å². The van der Waals surface area contributed by atoms with Crippen molar-refractivity contribution in [2.24, 2.45) is 0 Å². The van der Waals surface area contributed by atoms with E-state index in [-0.39, 0.29) is 0 Å². The molecule has 2 aromatic carbocycles. The highest BCUT2D eigenvalue weighted by Crippen LogP contribution is 2.40. The molecule has 0 spiro atoms. The molecule has 0 unspecified atom stereocenters. The molecule has 0 amide bonds. The minimum atomic E-state index is 0.686. The quantitative estimate of drug-likeness (QED) is 0.730. The Labute approximate surface area is 134 Å². The zero-order chi connectivity index (χ0) is 15.8. The first-order chi connectivity index (χ1) is 11.3. The number of aryl methyl sites for hydroxylation is 1. The van der Waals surface area contributed by atoms with Gasteiger partial charge in [-0.2, -0.15) is 0 Å². The molecule has 0 atom stereocenters. The van der Waals surface area contributed by atoms with Crippen LogP contribution < -0.4 is 9.47 Å². The van der Waals surface area contributed by atoms with Crippen LogP contribution in [0.4, 0.5) is 0 Å². The van der Waals surface area contributed by atoms with Gasteiger partial charge in [-0.25, -0.2) is 0 Å². The van der Waals surface area contributed by atoms with E-state index in [1.54, 1.807) is 14.2 Å². The van der Waals surface area contributed by atoms with Crippen molar-refractivity contribution < 1.29 is 14.0 Å². The van der Waals surface area contributed by atoms with E-state index in [0.717, 1.165) is 35.4 Å². The monoisotopic (exact) mass is 307 g/mol. The lowest BCUT2D eigenvalue weighted by molar-refractivity contribution is 0.355. The fourth-order valence-corrected chi connectivity index (χ4v) is 3.19. The maximum absolute atomic E-state index is 5.69. The van der Waals surface area contributed by atoms with Gasteiger partial charge in [0.05, 0.1) is 14.2 Å². The molecule has 0 saturated carbocycles. The minimum Gasteiger partial charge on any atom is -0.493 e. The number of hydrogen-bond acceptors (Lipinski definition) is 4. The molecule has 0 N–H and O–H groups in total. The molecule has 0 saturated heterocycles. The van der Waals surface area contributed by atoms with Crippen LogP contribution in [0.25, 0.3) is 22.6 Å². The Morgan fingerprint density at radius 1 is 0.957 bits per heavy atom. The summed E-state index contributed by atoms with van der Waals surface area (Å²) in [5, 5.41) is 4.33. The third-order valence-electron chi connectivity index (χ3n) is 4.35. The number of methoxy groups -OCH3 is 2. The second-order valence-corrected chi connectivity index (χ2v) is 5.57. The SMILES string of the molecule is COc1ccc(-c2onc3c2CCc2ccccc2-3)cc1OC. The summed E-state index contributed by atoms with van der Waals surface area (Å²) in [6.45, 7) is 0. The summed E-state index contributed by atoms with van der Waals surface area (Å²) in [6, 6.07) is 14.2. The predicted molar refractivity (Wildman–Crippen MR) is 87.9 cm³/mol. The Morgan fingerprint density at radius 2 is 1.78 bits per heavy atom. The lowest BCUT2D eigenvalue weighted by atomic mass is 9.88. The van der Waals surface area contributed by atoms with Gasteiger partial charge in [-0.3, -0.25) is 0 Å². The number of aromatic nitrogens is 1. The maximum Gasteiger partial charge on any atom is 0.170 e. The van der Waals surface area contributed by atoms with Crippen LogP contribution in [-0.2, 0) is 12.8 Å². The van der Waals surface area contributed by atoms with Crippen LogP contribution >= 0.6 is 0 Å². The molecule has 1 heterocycles. The van der Waals surface area contributed by atoms with Crippen LogP contribution in [0.5, 0.6) is 11.5 Å². The van der Waals surface area contributed by atoms with Crippen molar-refractivity contribution in [1.82, 2.24) is 5.16 Å². The van der Waals surface area contributed by atoms with Gasteiger partial charge in [0.15, 0.2) is 17.3 Å². The van der Waals surface area contributed by atoms with E-state index in [0.29, 0.717) is 11.5 Å². The first-order valence-electron chi connectivity index (χ1n) is 7.61. The summed E-state index contributed by atoms with van der Waals surface area (Å²) in [6.07, 6.45) is 1.93. The largest absolute Gasteiger partial charge is 0.493 e. The number of ether oxygens (including phenoxy) is 2. The Balaban J connectivity index is 1.83. The highest BCUT2D eigenvalue weighted by atomic mass is 16.5. The van der Waals surface area contributed by atoms with Gasteiger partial charge in [0.25, 0.3) is 0 Å². The van der Waals surface area contributed by atoms with E-state index < -0.39 is 0 Å². The summed E-state index contributed by atoms with van der Waals surface area (Å²) >= 11 is 0. The fraction of sp³-hybridized carbons (Fsp3) is 0.211. The van der Waals surface area contributed by atoms with E-state index in [4.69, 9.17) is 14.0 Å². The van der Waals surface area contributed by atoms with Gasteiger partial charge in [-0.15, -0.1) is 0 Å². The van der Waals surface area contributed by atoms with Crippen LogP contribution in [0.2, 0.25) is 0 Å². The second-order valence-electron chi connectivity index (χ2n) is 5.57. The minimum absolute atomic E-state index is 0.686. The van der Waals surface area contributed by atoms with Crippen LogP contribution in [-0.4, -0.2) is 19.4 Å². The average molecular weight is 307 g/mol. The fourth-order valence-electron chi connectivity index (χ4n) is 3.19. The Hall–Kier alpha value is -2.75. The van der Waals surface area contributed by atoms with Gasteiger partial charge < -0.3 is 14.0 Å². The highest BCUT2D eigenvalue weighted by molar-refractivity contribution is 5.77. The first kappa shape index (κ1) is 13.9. The average Bonchev–Trinajstić information content (AvgIpc) is 3.05. The molecule has 0 radical (unpaired) electrons. The molecule has 1 aromatic heterocycles. The van der Waals surface area contributed by atoms with Crippen molar-refractivity contribution >= 4 is 0 Å². The molecule has 0 fully saturated rings. The molecular formula is C19H17NO3. The lowest BCUT2D eigenvalue weighted by Gasteiger charge is -2.15. The third kappa shape index (κ3) is 2.18. The molecule has 4 heteroatoms. The van der Waals surface area contributed by atoms with E-state index in [2.05, 4.69) is 23.4 Å². The van der Waals surface area contributed by atoms with E-state index >= 15 is 0 Å². The highest BCUT2D eigenvalue weighted by Gasteiger charge is 2.25. The van der Waals surface area contributed by atoms with Gasteiger partial charge in [0.2, 0.25) is 0 Å². The summed E-state index contributed by atoms with van der Waals surface area (Å²) in [5.41, 5.74) is 5.57. The van der Waals surface area contributed by atoms with Crippen molar-refractivity contribution in [1.29, 1.82) is 0 Å². The molecular weight excluding hydrogens is 290 g/mol. The van der Waals surface area contributed by atoms with Crippen molar-refractivity contribution in [2.75, 3.05) is 14.2 Å². The topological polar surface area (TPSA) is 44.5 Å². The maximum atomic E-state index is 5.69. The van der Waals surface area contributed by atoms with Crippen molar-refractivity contribution in [2.45, 2.75) is 12.8 Å². The van der Waals surface area contributed by atoms with Crippen LogP contribution in [0.3, 0.4) is 0 Å². The number of nitrogens with zero attached hydrogens (tertiary/aromatic N) is 1. The molecule has 1 aliphatic carbocycles. The molecule has 3 aromatic rings. The van der Waals surface area contributed by atoms with Crippen molar-refractivity contribution in [3.8, 4) is 34.1 Å². The molecule has 1 aliphatic rings. The van der Waals surface area contributed by atoms with Gasteiger partial charge >= 0.3 is 0 Å². The molecule has 0 aliphatic heterocycles. The Morgan fingerprint density at radius 3 is 2.61 bits per heavy atom. The smallest absolute Gasteiger partial charge is 0.170 e. The van der Waals surface area contributed by atoms with Gasteiger partial charge in [-0.05, 0) is 36.6 Å². The predicted octanol–water partition coefficient (Wildman–Crippen LogP) is 4.12. The Kier molecular flexibility index (Phi) is 3.30. The zero-order valence-corrected chi connectivity index (χ0v) is 13.1. The van der Waals surface area contributed by atoms with Gasteiger partial charge in [-0.1, -0.05) is 29.4 Å². The van der Waals surface area contributed by atoms with E-state index in [9.17, 15) is 0 Å². The van der Waals surface area contributed by atoms with Gasteiger partial charge in [0, 0.05) is 16.7 Å². The molecule has 4 rings (SSSR count). The summed E-state index contributed by atoms with van der Waals surface area (Å²) in [7, 11) is 3.26. The number of fused-ring (bicyclic) bond motifs is 3. The number of rotatable bonds is 3. The molecule has 0 bridgehead atoms. The summed E-state index contributed by atoms with van der Waals surface area (Å²) in [4.78, 5) is 0. The van der Waals surface area contributed by atoms with Crippen molar-refractivity contribution in [3.05, 3.63) is 53.6 Å². The molecule has 23 heavy (non-hydrogen) atoms. The van der Waals surface area contributed by atoms with Crippen LogP contribution in [0, 0.1) is 0 Å². The number of hydrogen-bond donors (Lipinski definition) is 0. The molecule has 116 valence electrons. The molecule has 4 nitrogen and oxygen atoms in total.